The first-order valence-corrected chi connectivity index (χ1v) is 4.80. The zero-order valence-corrected chi connectivity index (χ0v) is 8.29. The first kappa shape index (κ1) is 10.5. The lowest BCUT2D eigenvalue weighted by Gasteiger charge is -2.19. The second-order valence-corrected chi connectivity index (χ2v) is 4.83. The summed E-state index contributed by atoms with van der Waals surface area (Å²) in [4.78, 5) is 10.4. The number of carboxylic acid groups (broad SMARTS) is 1. The fourth-order valence-corrected chi connectivity index (χ4v) is 2.16. The number of aliphatic carboxylic acids is 1. The van der Waals surface area contributed by atoms with Crippen LogP contribution in [-0.4, -0.2) is 22.3 Å². The molecule has 2 N–H and O–H groups in total. The van der Waals surface area contributed by atoms with Gasteiger partial charge in [-0.1, -0.05) is 13.8 Å². The van der Waals surface area contributed by atoms with Crippen molar-refractivity contribution >= 4 is 5.97 Å². The highest BCUT2D eigenvalue weighted by molar-refractivity contribution is 5.67. The maximum atomic E-state index is 10.4. The van der Waals surface area contributed by atoms with Crippen LogP contribution in [-0.2, 0) is 4.79 Å². The average molecular weight is 186 g/mol. The molecule has 0 heterocycles. The van der Waals surface area contributed by atoms with Gasteiger partial charge in [-0.25, -0.2) is 0 Å². The molecule has 0 aromatic heterocycles. The van der Waals surface area contributed by atoms with Crippen molar-refractivity contribution in [3.8, 4) is 0 Å². The molecule has 76 valence electrons. The second kappa shape index (κ2) is 3.66. The third kappa shape index (κ3) is 2.99. The molecule has 0 aliphatic heterocycles. The largest absolute Gasteiger partial charge is 0.481 e. The van der Waals surface area contributed by atoms with Gasteiger partial charge in [-0.15, -0.1) is 0 Å². The lowest BCUT2D eigenvalue weighted by molar-refractivity contribution is -0.140. The Kier molecular flexibility index (Phi) is 2.96. The van der Waals surface area contributed by atoms with Gasteiger partial charge in [0, 0.05) is 0 Å². The summed E-state index contributed by atoms with van der Waals surface area (Å²) in [5, 5.41) is 18.1. The Labute approximate surface area is 78.8 Å². The van der Waals surface area contributed by atoms with Crippen molar-refractivity contribution in [2.75, 3.05) is 0 Å². The smallest absolute Gasteiger partial charge is 0.305 e. The van der Waals surface area contributed by atoms with E-state index in [9.17, 15) is 9.90 Å². The minimum atomic E-state index is -0.905. The van der Waals surface area contributed by atoms with Crippen LogP contribution in [0, 0.1) is 11.3 Å². The van der Waals surface area contributed by atoms with Crippen molar-refractivity contribution in [1.82, 2.24) is 0 Å². The van der Waals surface area contributed by atoms with Gasteiger partial charge in [-0.05, 0) is 30.6 Å². The van der Waals surface area contributed by atoms with Crippen molar-refractivity contribution < 1.29 is 15.0 Å². The van der Waals surface area contributed by atoms with Crippen molar-refractivity contribution in [3.63, 3.8) is 0 Å². The Balaban J connectivity index is 2.42. The molecule has 1 fully saturated rings. The summed E-state index contributed by atoms with van der Waals surface area (Å²) in [6, 6.07) is 0. The Morgan fingerprint density at radius 1 is 1.62 bits per heavy atom. The van der Waals surface area contributed by atoms with Crippen LogP contribution in [0.1, 0.15) is 39.5 Å². The van der Waals surface area contributed by atoms with E-state index in [0.29, 0.717) is 0 Å². The lowest BCUT2D eigenvalue weighted by Crippen LogP contribution is -2.22. The van der Waals surface area contributed by atoms with Crippen molar-refractivity contribution in [1.29, 1.82) is 0 Å². The van der Waals surface area contributed by atoms with Gasteiger partial charge in [0.05, 0.1) is 12.5 Å². The van der Waals surface area contributed by atoms with Gasteiger partial charge in [-0.3, -0.25) is 4.79 Å². The van der Waals surface area contributed by atoms with Gasteiger partial charge >= 0.3 is 5.97 Å². The minimum absolute atomic E-state index is 0.110. The molecule has 3 nitrogen and oxygen atoms in total. The number of hydrogen-bond acceptors (Lipinski definition) is 2. The van der Waals surface area contributed by atoms with Crippen LogP contribution in [0.2, 0.25) is 0 Å². The third-order valence-corrected chi connectivity index (χ3v) is 2.93. The van der Waals surface area contributed by atoms with E-state index in [4.69, 9.17) is 5.11 Å². The second-order valence-electron chi connectivity index (χ2n) is 4.83. The highest BCUT2D eigenvalue weighted by atomic mass is 16.4. The first-order chi connectivity index (χ1) is 5.91. The van der Waals surface area contributed by atoms with Crippen LogP contribution in [0.5, 0.6) is 0 Å². The summed E-state index contributed by atoms with van der Waals surface area (Å²) in [6.07, 6.45) is 2.23. The van der Waals surface area contributed by atoms with E-state index in [2.05, 4.69) is 13.8 Å². The molecule has 1 aliphatic rings. The van der Waals surface area contributed by atoms with E-state index in [1.807, 2.05) is 0 Å². The Bertz CT molecular complexity index is 198. The topological polar surface area (TPSA) is 57.5 Å². The van der Waals surface area contributed by atoms with Crippen molar-refractivity contribution in [3.05, 3.63) is 0 Å². The number of hydrogen-bond donors (Lipinski definition) is 2. The summed E-state index contributed by atoms with van der Waals surface area (Å²) in [7, 11) is 0. The first-order valence-electron chi connectivity index (χ1n) is 4.80. The molecular formula is C10H18O3. The van der Waals surface area contributed by atoms with Gasteiger partial charge in [0.2, 0.25) is 0 Å². The van der Waals surface area contributed by atoms with Crippen LogP contribution in [0.3, 0.4) is 0 Å². The van der Waals surface area contributed by atoms with E-state index in [1.54, 1.807) is 0 Å². The maximum Gasteiger partial charge on any atom is 0.305 e. The van der Waals surface area contributed by atoms with Crippen LogP contribution >= 0.6 is 0 Å². The van der Waals surface area contributed by atoms with E-state index in [0.717, 1.165) is 19.3 Å². The highest BCUT2D eigenvalue weighted by Gasteiger charge is 2.35. The minimum Gasteiger partial charge on any atom is -0.481 e. The summed E-state index contributed by atoms with van der Waals surface area (Å²) in [5.41, 5.74) is 0.282. The molecule has 0 amide bonds. The number of aliphatic hydroxyl groups is 1. The van der Waals surface area contributed by atoms with Gasteiger partial charge in [-0.2, -0.15) is 0 Å². The highest BCUT2D eigenvalue weighted by Crippen LogP contribution is 2.42. The summed E-state index contributed by atoms with van der Waals surface area (Å²) in [6.45, 7) is 4.33. The number of aliphatic hydroxyl groups excluding tert-OH is 1. The zero-order chi connectivity index (χ0) is 10.1. The van der Waals surface area contributed by atoms with Gasteiger partial charge in [0.25, 0.3) is 0 Å². The molecule has 0 spiro atoms. The monoisotopic (exact) mass is 186 g/mol. The van der Waals surface area contributed by atoms with E-state index >= 15 is 0 Å². The summed E-state index contributed by atoms with van der Waals surface area (Å²) < 4.78 is 0. The standard InChI is InChI=1S/C10H18O3/c1-10(2)4-3-7(6-10)8(11)5-9(12)13/h7-8,11H,3-6H2,1-2H3,(H,12,13)/t7?,8-/m0/s1. The SMILES string of the molecule is CC1(C)CCC([C@@H](O)CC(=O)O)C1. The van der Waals surface area contributed by atoms with E-state index in [1.165, 1.54) is 0 Å². The number of carboxylic acids is 1. The fourth-order valence-electron chi connectivity index (χ4n) is 2.16. The molecule has 3 heteroatoms. The molecule has 13 heavy (non-hydrogen) atoms. The predicted octanol–water partition coefficient (Wildman–Crippen LogP) is 1.65. The van der Waals surface area contributed by atoms with Gasteiger partial charge in [0.1, 0.15) is 0 Å². The Morgan fingerprint density at radius 2 is 2.23 bits per heavy atom. The van der Waals surface area contributed by atoms with Crippen LogP contribution in [0.4, 0.5) is 0 Å². The average Bonchev–Trinajstić information content (AvgIpc) is 2.28. The van der Waals surface area contributed by atoms with Crippen LogP contribution < -0.4 is 0 Å². The molecular weight excluding hydrogens is 168 g/mol. The molecule has 1 rings (SSSR count). The molecule has 0 aromatic rings. The number of rotatable bonds is 3. The van der Waals surface area contributed by atoms with Crippen LogP contribution in [0.25, 0.3) is 0 Å². The third-order valence-electron chi connectivity index (χ3n) is 2.93. The fraction of sp³-hybridized carbons (Fsp3) is 0.900. The van der Waals surface area contributed by atoms with Crippen molar-refractivity contribution in [2.24, 2.45) is 11.3 Å². The lowest BCUT2D eigenvalue weighted by atomic mass is 9.89. The van der Waals surface area contributed by atoms with Crippen molar-refractivity contribution in [2.45, 2.75) is 45.6 Å². The molecule has 1 aliphatic carbocycles. The number of carbonyl (C=O) groups is 1. The molecule has 0 saturated heterocycles. The molecule has 0 aromatic carbocycles. The Morgan fingerprint density at radius 3 is 2.62 bits per heavy atom. The Hall–Kier alpha value is -0.570. The maximum absolute atomic E-state index is 10.4. The molecule has 0 radical (unpaired) electrons. The molecule has 1 unspecified atom stereocenters. The van der Waals surface area contributed by atoms with Gasteiger partial charge < -0.3 is 10.2 Å². The van der Waals surface area contributed by atoms with Gasteiger partial charge in [0.15, 0.2) is 0 Å². The summed E-state index contributed by atoms with van der Waals surface area (Å²) >= 11 is 0. The molecule has 2 atom stereocenters. The molecule has 0 bridgehead atoms. The van der Waals surface area contributed by atoms with Crippen LogP contribution in [0.15, 0.2) is 0 Å². The normalized spacial score (nSPS) is 28.7. The van der Waals surface area contributed by atoms with E-state index in [-0.39, 0.29) is 17.8 Å². The zero-order valence-electron chi connectivity index (χ0n) is 8.29. The molecule has 1 saturated carbocycles. The van der Waals surface area contributed by atoms with E-state index < -0.39 is 12.1 Å². The predicted molar refractivity (Wildman–Crippen MR) is 49.4 cm³/mol. The summed E-state index contributed by atoms with van der Waals surface area (Å²) in [5.74, 6) is -0.719. The quantitative estimate of drug-likeness (QED) is 0.704.